The lowest BCUT2D eigenvalue weighted by molar-refractivity contribution is -0.126. The highest BCUT2D eigenvalue weighted by atomic mass is 19.1. The van der Waals surface area contributed by atoms with Crippen LogP contribution < -0.4 is 10.6 Å². The Kier molecular flexibility index (Phi) is 10.7. The first-order valence-corrected chi connectivity index (χ1v) is 11.4. The summed E-state index contributed by atoms with van der Waals surface area (Å²) in [7, 11) is 0. The van der Waals surface area contributed by atoms with Crippen LogP contribution in [0.4, 0.5) is 9.18 Å². The molecule has 1 heterocycles. The molecule has 0 spiro atoms. The zero-order chi connectivity index (χ0) is 24.7. The molecule has 10 heteroatoms. The minimum Gasteiger partial charge on any atom is -0.445 e. The van der Waals surface area contributed by atoms with Gasteiger partial charge in [-0.15, -0.1) is 0 Å². The molecule has 1 aromatic heterocycles. The van der Waals surface area contributed by atoms with Gasteiger partial charge in [0.2, 0.25) is 11.8 Å². The van der Waals surface area contributed by atoms with E-state index in [9.17, 15) is 14.0 Å². The van der Waals surface area contributed by atoms with Gasteiger partial charge in [-0.3, -0.25) is 4.79 Å². The maximum Gasteiger partial charge on any atom is 0.407 e. The highest BCUT2D eigenvalue weighted by Gasteiger charge is 2.09. The number of nitrogens with zero attached hydrogens (tertiary/aromatic N) is 2. The number of carbonyl (C=O) groups is 2. The van der Waals surface area contributed by atoms with Crippen LogP contribution in [0.2, 0.25) is 0 Å². The summed E-state index contributed by atoms with van der Waals surface area (Å²) in [4.78, 5) is 27.8. The summed E-state index contributed by atoms with van der Waals surface area (Å²) >= 11 is 0. The summed E-state index contributed by atoms with van der Waals surface area (Å²) in [6.07, 6.45) is 2.56. The fraction of sp³-hybridized carbons (Fsp3) is 0.360. The van der Waals surface area contributed by atoms with Crippen molar-refractivity contribution in [1.82, 2.24) is 20.8 Å². The van der Waals surface area contributed by atoms with E-state index in [1.165, 1.54) is 12.1 Å². The standard InChI is InChI=1S/C25H29FN4O5/c26-21-12-10-20(11-13-21)16-33-18-23(31)27-14-6-2-5-9-24-29-22(30-35-24)15-28-25(32)34-17-19-7-3-1-4-8-19/h1,3-4,7-8,10-13H,2,5-6,9,14-18H2,(H,27,31)(H,28,32). The van der Waals surface area contributed by atoms with Crippen LogP contribution in [0.1, 0.15) is 42.1 Å². The third-order valence-corrected chi connectivity index (χ3v) is 4.92. The lowest BCUT2D eigenvalue weighted by atomic mass is 10.2. The second-order valence-electron chi connectivity index (χ2n) is 7.80. The lowest BCUT2D eigenvalue weighted by Gasteiger charge is -2.06. The van der Waals surface area contributed by atoms with E-state index in [1.54, 1.807) is 12.1 Å². The number of hydrogen-bond donors (Lipinski definition) is 2. The van der Waals surface area contributed by atoms with E-state index in [-0.39, 0.29) is 38.1 Å². The summed E-state index contributed by atoms with van der Waals surface area (Å²) < 4.78 is 28.5. The SMILES string of the molecule is O=C(COCc1ccc(F)cc1)NCCCCCc1nc(CNC(=O)OCc2ccccc2)no1. The number of hydrogen-bond acceptors (Lipinski definition) is 7. The first-order valence-electron chi connectivity index (χ1n) is 11.4. The maximum absolute atomic E-state index is 12.9. The van der Waals surface area contributed by atoms with Gasteiger partial charge in [-0.25, -0.2) is 9.18 Å². The number of aromatic nitrogens is 2. The second-order valence-corrected chi connectivity index (χ2v) is 7.80. The molecule has 9 nitrogen and oxygen atoms in total. The maximum atomic E-state index is 12.9. The number of carbonyl (C=O) groups excluding carboxylic acids is 2. The van der Waals surface area contributed by atoms with Crippen LogP contribution in [0, 0.1) is 5.82 Å². The number of rotatable bonds is 14. The first-order chi connectivity index (χ1) is 17.1. The molecule has 0 radical (unpaired) electrons. The third kappa shape index (κ3) is 10.3. The summed E-state index contributed by atoms with van der Waals surface area (Å²) in [6.45, 7) is 1.06. The van der Waals surface area contributed by atoms with Crippen LogP contribution in [0.15, 0.2) is 59.1 Å². The van der Waals surface area contributed by atoms with E-state index < -0.39 is 6.09 Å². The quantitative estimate of drug-likeness (QED) is 0.335. The predicted molar refractivity (Wildman–Crippen MR) is 124 cm³/mol. The van der Waals surface area contributed by atoms with Gasteiger partial charge in [-0.1, -0.05) is 54.0 Å². The summed E-state index contributed by atoms with van der Waals surface area (Å²) in [5.41, 5.74) is 1.71. The molecule has 0 aliphatic heterocycles. The van der Waals surface area contributed by atoms with Crippen LogP contribution in [0.5, 0.6) is 0 Å². The van der Waals surface area contributed by atoms with Crippen molar-refractivity contribution >= 4 is 12.0 Å². The lowest BCUT2D eigenvalue weighted by Crippen LogP contribution is -2.28. The van der Waals surface area contributed by atoms with Crippen LogP contribution in [-0.4, -0.2) is 35.3 Å². The van der Waals surface area contributed by atoms with Crippen molar-refractivity contribution in [1.29, 1.82) is 0 Å². The van der Waals surface area contributed by atoms with Crippen molar-refractivity contribution in [2.75, 3.05) is 13.2 Å². The number of ether oxygens (including phenoxy) is 2. The Morgan fingerprint density at radius 1 is 0.914 bits per heavy atom. The molecule has 2 amide bonds. The molecule has 0 saturated heterocycles. The zero-order valence-corrected chi connectivity index (χ0v) is 19.4. The highest BCUT2D eigenvalue weighted by molar-refractivity contribution is 5.77. The number of halogens is 1. The van der Waals surface area contributed by atoms with E-state index >= 15 is 0 Å². The van der Waals surface area contributed by atoms with Crippen molar-refractivity contribution in [3.63, 3.8) is 0 Å². The number of amides is 2. The fourth-order valence-electron chi connectivity index (χ4n) is 3.09. The van der Waals surface area contributed by atoms with Crippen molar-refractivity contribution in [2.24, 2.45) is 0 Å². The van der Waals surface area contributed by atoms with Crippen LogP contribution in [0.3, 0.4) is 0 Å². The molecule has 35 heavy (non-hydrogen) atoms. The molecule has 2 N–H and O–H groups in total. The van der Waals surface area contributed by atoms with Gasteiger partial charge < -0.3 is 24.6 Å². The molecule has 0 unspecified atom stereocenters. The summed E-state index contributed by atoms with van der Waals surface area (Å²) in [5, 5.41) is 9.25. The Bertz CT molecular complexity index is 1040. The average molecular weight is 485 g/mol. The highest BCUT2D eigenvalue weighted by Crippen LogP contribution is 2.06. The van der Waals surface area contributed by atoms with E-state index in [4.69, 9.17) is 14.0 Å². The first kappa shape index (κ1) is 25.8. The molecular weight excluding hydrogens is 455 g/mol. The van der Waals surface area contributed by atoms with Crippen molar-refractivity contribution < 1.29 is 28.0 Å². The summed E-state index contributed by atoms with van der Waals surface area (Å²) in [6, 6.07) is 15.4. The minimum atomic E-state index is -0.553. The molecule has 0 bridgehead atoms. The van der Waals surface area contributed by atoms with Gasteiger partial charge in [0.05, 0.1) is 13.2 Å². The van der Waals surface area contributed by atoms with Gasteiger partial charge >= 0.3 is 6.09 Å². The average Bonchev–Trinajstić information content (AvgIpc) is 3.33. The monoisotopic (exact) mass is 484 g/mol. The molecular formula is C25H29FN4O5. The van der Waals surface area contributed by atoms with Gasteiger partial charge in [0.15, 0.2) is 5.82 Å². The third-order valence-electron chi connectivity index (χ3n) is 4.92. The molecule has 0 aliphatic carbocycles. The van der Waals surface area contributed by atoms with Crippen LogP contribution >= 0.6 is 0 Å². The largest absolute Gasteiger partial charge is 0.445 e. The van der Waals surface area contributed by atoms with E-state index in [0.29, 0.717) is 24.7 Å². The summed E-state index contributed by atoms with van der Waals surface area (Å²) in [5.74, 6) is 0.380. The number of unbranched alkanes of at least 4 members (excludes halogenated alkanes) is 2. The number of alkyl carbamates (subject to hydrolysis) is 1. The topological polar surface area (TPSA) is 116 Å². The Morgan fingerprint density at radius 2 is 1.69 bits per heavy atom. The van der Waals surface area contributed by atoms with Gasteiger partial charge in [0.1, 0.15) is 19.0 Å². The fourth-order valence-corrected chi connectivity index (χ4v) is 3.09. The van der Waals surface area contributed by atoms with Crippen molar-refractivity contribution in [2.45, 2.75) is 45.4 Å². The van der Waals surface area contributed by atoms with Crippen LogP contribution in [0.25, 0.3) is 0 Å². The molecule has 0 aliphatic rings. The van der Waals surface area contributed by atoms with E-state index in [0.717, 1.165) is 30.4 Å². The van der Waals surface area contributed by atoms with E-state index in [2.05, 4.69) is 20.8 Å². The molecule has 3 aromatic rings. The predicted octanol–water partition coefficient (Wildman–Crippen LogP) is 3.68. The molecule has 0 fully saturated rings. The smallest absolute Gasteiger partial charge is 0.407 e. The number of nitrogens with one attached hydrogen (secondary N) is 2. The Labute approximate surface area is 203 Å². The molecule has 0 atom stereocenters. The van der Waals surface area contributed by atoms with Gasteiger partial charge in [0.25, 0.3) is 0 Å². The minimum absolute atomic E-state index is 0.0457. The van der Waals surface area contributed by atoms with E-state index in [1.807, 2.05) is 30.3 Å². The van der Waals surface area contributed by atoms with Crippen molar-refractivity contribution in [3.8, 4) is 0 Å². The molecule has 0 saturated carbocycles. The van der Waals surface area contributed by atoms with Gasteiger partial charge in [-0.2, -0.15) is 4.98 Å². The Hall–Kier alpha value is -3.79. The molecule has 2 aromatic carbocycles. The zero-order valence-electron chi connectivity index (χ0n) is 19.4. The Morgan fingerprint density at radius 3 is 2.49 bits per heavy atom. The second kappa shape index (κ2) is 14.5. The molecule has 3 rings (SSSR count). The van der Waals surface area contributed by atoms with Crippen molar-refractivity contribution in [3.05, 3.63) is 83.3 Å². The number of benzene rings is 2. The van der Waals surface area contributed by atoms with Gasteiger partial charge in [0, 0.05) is 13.0 Å². The van der Waals surface area contributed by atoms with Crippen LogP contribution in [-0.2, 0) is 40.4 Å². The molecule has 186 valence electrons. The normalized spacial score (nSPS) is 10.7. The number of aryl methyl sites for hydroxylation is 1. The Balaban J connectivity index is 1.19. The van der Waals surface area contributed by atoms with Gasteiger partial charge in [-0.05, 0) is 36.1 Å².